The fourth-order valence-corrected chi connectivity index (χ4v) is 3.38. The summed E-state index contributed by atoms with van der Waals surface area (Å²) >= 11 is 0. The Morgan fingerprint density at radius 3 is 2.06 bits per heavy atom. The number of unbranched alkanes of at least 4 members (excludes halogenated alkanes) is 1. The van der Waals surface area contributed by atoms with E-state index in [0.717, 1.165) is 5.56 Å². The summed E-state index contributed by atoms with van der Waals surface area (Å²) in [6, 6.07) is 5.13. The van der Waals surface area contributed by atoms with E-state index in [2.05, 4.69) is 16.0 Å². The number of rotatable bonds is 15. The van der Waals surface area contributed by atoms with E-state index >= 15 is 0 Å². The molecular formula is C24H39N5O5. The van der Waals surface area contributed by atoms with Gasteiger partial charge in [0.25, 0.3) is 0 Å². The highest BCUT2D eigenvalue weighted by Gasteiger charge is 2.28. The number of carboxylic acid groups (broad SMARTS) is 1. The lowest BCUT2D eigenvalue weighted by atomic mass is 10.0. The molecule has 1 aromatic rings. The van der Waals surface area contributed by atoms with Gasteiger partial charge in [0.05, 0.1) is 6.04 Å². The Kier molecular flexibility index (Phi) is 12.8. The van der Waals surface area contributed by atoms with E-state index in [1.165, 1.54) is 6.92 Å². The number of carbonyl (C=O) groups is 4. The molecule has 34 heavy (non-hydrogen) atoms. The molecule has 0 spiro atoms. The topological polar surface area (TPSA) is 177 Å². The first-order chi connectivity index (χ1) is 16.0. The van der Waals surface area contributed by atoms with Gasteiger partial charge in [0, 0.05) is 6.42 Å². The molecule has 0 heterocycles. The van der Waals surface area contributed by atoms with E-state index in [1.54, 1.807) is 24.3 Å². The zero-order valence-corrected chi connectivity index (χ0v) is 20.3. The lowest BCUT2D eigenvalue weighted by molar-refractivity contribution is -0.142. The second-order valence-electron chi connectivity index (χ2n) is 8.90. The predicted molar refractivity (Wildman–Crippen MR) is 130 cm³/mol. The summed E-state index contributed by atoms with van der Waals surface area (Å²) in [5, 5.41) is 17.2. The van der Waals surface area contributed by atoms with Crippen LogP contribution in [0.5, 0.6) is 0 Å². The highest BCUT2D eigenvalue weighted by molar-refractivity contribution is 5.93. The van der Waals surface area contributed by atoms with Gasteiger partial charge in [-0.15, -0.1) is 0 Å². The molecular weight excluding hydrogens is 438 g/mol. The number of benzene rings is 1. The maximum atomic E-state index is 12.8. The SMILES string of the molecule is CC(C)CC(N)C(=O)NC(CCCCN)C(=O)NC(C)C(=O)NC(Cc1ccccc1)C(=O)O. The highest BCUT2D eigenvalue weighted by Crippen LogP contribution is 2.07. The van der Waals surface area contributed by atoms with E-state index in [1.807, 2.05) is 19.9 Å². The highest BCUT2D eigenvalue weighted by atomic mass is 16.4. The molecule has 10 nitrogen and oxygen atoms in total. The summed E-state index contributed by atoms with van der Waals surface area (Å²) in [5.74, 6) is -2.58. The molecule has 0 aliphatic heterocycles. The molecule has 10 heteroatoms. The molecule has 0 bridgehead atoms. The summed E-state index contributed by atoms with van der Waals surface area (Å²) < 4.78 is 0. The van der Waals surface area contributed by atoms with Gasteiger partial charge in [0.2, 0.25) is 17.7 Å². The molecule has 1 rings (SSSR count). The smallest absolute Gasteiger partial charge is 0.326 e. The fraction of sp³-hybridized carbons (Fsp3) is 0.583. The molecule has 0 saturated carbocycles. The summed E-state index contributed by atoms with van der Waals surface area (Å²) in [7, 11) is 0. The number of carboxylic acids is 1. The number of nitrogens with one attached hydrogen (secondary N) is 3. The fourth-order valence-electron chi connectivity index (χ4n) is 3.38. The Bertz CT molecular complexity index is 802. The third-order valence-electron chi connectivity index (χ3n) is 5.29. The summed E-state index contributed by atoms with van der Waals surface area (Å²) in [6.07, 6.45) is 2.19. The Balaban J connectivity index is 2.77. The molecule has 0 aromatic heterocycles. The van der Waals surface area contributed by atoms with Crippen LogP contribution in [0.1, 0.15) is 52.0 Å². The van der Waals surface area contributed by atoms with Gasteiger partial charge in [-0.25, -0.2) is 4.79 Å². The third kappa shape index (κ3) is 10.8. The van der Waals surface area contributed by atoms with Gasteiger partial charge >= 0.3 is 5.97 Å². The number of aliphatic carboxylic acids is 1. The van der Waals surface area contributed by atoms with E-state index in [9.17, 15) is 24.3 Å². The van der Waals surface area contributed by atoms with Crippen molar-refractivity contribution in [3.63, 3.8) is 0 Å². The van der Waals surface area contributed by atoms with E-state index in [-0.39, 0.29) is 12.3 Å². The van der Waals surface area contributed by atoms with Crippen molar-refractivity contribution in [2.75, 3.05) is 6.54 Å². The number of hydrogen-bond donors (Lipinski definition) is 6. The first-order valence-electron chi connectivity index (χ1n) is 11.7. The molecule has 0 aliphatic carbocycles. The monoisotopic (exact) mass is 477 g/mol. The molecule has 0 saturated heterocycles. The van der Waals surface area contributed by atoms with E-state index in [4.69, 9.17) is 11.5 Å². The molecule has 4 unspecified atom stereocenters. The van der Waals surface area contributed by atoms with Gasteiger partial charge in [0.15, 0.2) is 0 Å². The standard InChI is InChI=1S/C24H39N5O5/c1-15(2)13-18(26)22(31)28-19(11-7-8-12-25)23(32)27-16(3)21(30)29-20(24(33)34)14-17-9-5-4-6-10-17/h4-6,9-10,15-16,18-20H,7-8,11-14,25-26H2,1-3H3,(H,27,32)(H,28,31)(H,29,30)(H,33,34). The minimum atomic E-state index is -1.18. The van der Waals surface area contributed by atoms with Gasteiger partial charge < -0.3 is 32.5 Å². The lowest BCUT2D eigenvalue weighted by Crippen LogP contribution is -2.56. The van der Waals surface area contributed by atoms with Crippen LogP contribution >= 0.6 is 0 Å². The zero-order valence-electron chi connectivity index (χ0n) is 20.3. The van der Waals surface area contributed by atoms with Crippen LogP contribution in [0.2, 0.25) is 0 Å². The number of amides is 3. The van der Waals surface area contributed by atoms with Gasteiger partial charge in [-0.3, -0.25) is 14.4 Å². The first kappa shape index (κ1) is 29.1. The molecule has 0 radical (unpaired) electrons. The van der Waals surface area contributed by atoms with Crippen LogP contribution in [0.3, 0.4) is 0 Å². The predicted octanol–water partition coefficient (Wildman–Crippen LogP) is 0.290. The molecule has 0 aliphatic rings. The molecule has 3 amide bonds. The zero-order chi connectivity index (χ0) is 25.7. The maximum absolute atomic E-state index is 12.8. The minimum absolute atomic E-state index is 0.105. The van der Waals surface area contributed by atoms with Crippen LogP contribution in [0.25, 0.3) is 0 Å². The Morgan fingerprint density at radius 2 is 1.50 bits per heavy atom. The van der Waals surface area contributed by atoms with Crippen LogP contribution in [-0.4, -0.2) is 59.5 Å². The van der Waals surface area contributed by atoms with Crippen LogP contribution in [0.4, 0.5) is 0 Å². The number of carbonyl (C=O) groups excluding carboxylic acids is 3. The van der Waals surface area contributed by atoms with Crippen LogP contribution < -0.4 is 27.4 Å². The van der Waals surface area contributed by atoms with Crippen molar-refractivity contribution >= 4 is 23.7 Å². The van der Waals surface area contributed by atoms with E-state index < -0.39 is 47.9 Å². The third-order valence-corrected chi connectivity index (χ3v) is 5.29. The summed E-state index contributed by atoms with van der Waals surface area (Å²) in [5.41, 5.74) is 12.2. The maximum Gasteiger partial charge on any atom is 0.326 e. The van der Waals surface area contributed by atoms with Gasteiger partial charge in [-0.1, -0.05) is 44.2 Å². The average molecular weight is 478 g/mol. The van der Waals surface area contributed by atoms with Gasteiger partial charge in [0.1, 0.15) is 18.1 Å². The Labute approximate surface area is 201 Å². The Morgan fingerprint density at radius 1 is 0.882 bits per heavy atom. The van der Waals surface area contributed by atoms with Crippen molar-refractivity contribution in [3.05, 3.63) is 35.9 Å². The second kappa shape index (κ2) is 15.0. The largest absolute Gasteiger partial charge is 0.480 e. The molecule has 190 valence electrons. The molecule has 1 aromatic carbocycles. The van der Waals surface area contributed by atoms with Gasteiger partial charge in [-0.05, 0) is 50.6 Å². The normalized spacial score (nSPS) is 14.5. The quantitative estimate of drug-likeness (QED) is 0.197. The number of nitrogens with two attached hydrogens (primary N) is 2. The molecule has 8 N–H and O–H groups in total. The van der Waals surface area contributed by atoms with Crippen LogP contribution in [0, 0.1) is 5.92 Å². The van der Waals surface area contributed by atoms with Crippen molar-refractivity contribution in [1.82, 2.24) is 16.0 Å². The van der Waals surface area contributed by atoms with Crippen molar-refractivity contribution in [2.45, 2.75) is 77.0 Å². The van der Waals surface area contributed by atoms with Crippen molar-refractivity contribution in [1.29, 1.82) is 0 Å². The second-order valence-corrected chi connectivity index (χ2v) is 8.90. The van der Waals surface area contributed by atoms with Gasteiger partial charge in [-0.2, -0.15) is 0 Å². The lowest BCUT2D eigenvalue weighted by Gasteiger charge is -2.24. The molecule has 0 fully saturated rings. The summed E-state index contributed by atoms with van der Waals surface area (Å²) in [4.78, 5) is 49.5. The Hall–Kier alpha value is -2.98. The first-order valence-corrected chi connectivity index (χ1v) is 11.7. The number of hydrogen-bond acceptors (Lipinski definition) is 6. The van der Waals surface area contributed by atoms with Crippen molar-refractivity contribution in [3.8, 4) is 0 Å². The van der Waals surface area contributed by atoms with Crippen LogP contribution in [-0.2, 0) is 25.6 Å². The van der Waals surface area contributed by atoms with Crippen molar-refractivity contribution in [2.24, 2.45) is 17.4 Å². The summed E-state index contributed by atoms with van der Waals surface area (Å²) in [6.45, 7) is 5.80. The van der Waals surface area contributed by atoms with Crippen LogP contribution in [0.15, 0.2) is 30.3 Å². The average Bonchev–Trinajstić information content (AvgIpc) is 2.77. The van der Waals surface area contributed by atoms with E-state index in [0.29, 0.717) is 32.2 Å². The minimum Gasteiger partial charge on any atom is -0.480 e. The van der Waals surface area contributed by atoms with Crippen molar-refractivity contribution < 1.29 is 24.3 Å². The molecule has 4 atom stereocenters.